The number of nitriles is 1. The van der Waals surface area contributed by atoms with Crippen molar-refractivity contribution >= 4 is 22.1 Å². The third-order valence-corrected chi connectivity index (χ3v) is 3.32. The van der Waals surface area contributed by atoms with E-state index in [9.17, 15) is 0 Å². The van der Waals surface area contributed by atoms with Gasteiger partial charge in [0.25, 0.3) is 5.88 Å². The summed E-state index contributed by atoms with van der Waals surface area (Å²) in [4.78, 5) is 8.42. The van der Waals surface area contributed by atoms with E-state index in [1.807, 2.05) is 24.3 Å². The molecule has 2 heterocycles. The van der Waals surface area contributed by atoms with Crippen LogP contribution in [0.1, 0.15) is 5.56 Å². The van der Waals surface area contributed by atoms with Crippen molar-refractivity contribution in [1.29, 1.82) is 5.26 Å². The molecule has 0 fully saturated rings. The highest BCUT2D eigenvalue weighted by atomic mass is 16.5. The SMILES string of the molecule is N#Cc1ccc(Oc2ncnc3c2oc2ccccc23)cc1. The predicted molar refractivity (Wildman–Crippen MR) is 80.5 cm³/mol. The minimum atomic E-state index is 0.353. The molecule has 22 heavy (non-hydrogen) atoms. The monoisotopic (exact) mass is 287 g/mol. The number of rotatable bonds is 2. The summed E-state index contributed by atoms with van der Waals surface area (Å²) in [7, 11) is 0. The van der Waals surface area contributed by atoms with Gasteiger partial charge >= 0.3 is 0 Å². The van der Waals surface area contributed by atoms with Crippen LogP contribution in [0.25, 0.3) is 22.1 Å². The summed E-state index contributed by atoms with van der Waals surface area (Å²) in [5.41, 5.74) is 2.54. The first-order valence-electron chi connectivity index (χ1n) is 6.65. The lowest BCUT2D eigenvalue weighted by atomic mass is 10.2. The summed E-state index contributed by atoms with van der Waals surface area (Å²) in [6.45, 7) is 0. The van der Waals surface area contributed by atoms with Gasteiger partial charge in [-0.3, -0.25) is 0 Å². The highest BCUT2D eigenvalue weighted by molar-refractivity contribution is 6.03. The Hall–Kier alpha value is -3.39. The van der Waals surface area contributed by atoms with Gasteiger partial charge in [-0.15, -0.1) is 0 Å². The number of fused-ring (bicyclic) bond motifs is 3. The maximum absolute atomic E-state index is 8.81. The molecule has 0 saturated heterocycles. The van der Waals surface area contributed by atoms with E-state index in [2.05, 4.69) is 16.0 Å². The Morgan fingerprint density at radius 1 is 1.00 bits per heavy atom. The Bertz CT molecular complexity index is 1010. The predicted octanol–water partition coefficient (Wildman–Crippen LogP) is 4.04. The van der Waals surface area contributed by atoms with Gasteiger partial charge < -0.3 is 9.15 Å². The van der Waals surface area contributed by atoms with Gasteiger partial charge in [0.2, 0.25) is 5.58 Å². The topological polar surface area (TPSA) is 71.9 Å². The molecule has 4 rings (SSSR count). The maximum atomic E-state index is 8.81. The van der Waals surface area contributed by atoms with Gasteiger partial charge in [0.1, 0.15) is 23.2 Å². The summed E-state index contributed by atoms with van der Waals surface area (Å²) in [5.74, 6) is 0.936. The van der Waals surface area contributed by atoms with E-state index in [0.29, 0.717) is 28.3 Å². The van der Waals surface area contributed by atoms with Crippen LogP contribution in [0.5, 0.6) is 11.6 Å². The summed E-state index contributed by atoms with van der Waals surface area (Å²) < 4.78 is 11.6. The van der Waals surface area contributed by atoms with Crippen LogP contribution in [0.4, 0.5) is 0 Å². The van der Waals surface area contributed by atoms with E-state index in [4.69, 9.17) is 14.4 Å². The molecule has 0 aliphatic rings. The van der Waals surface area contributed by atoms with Crippen molar-refractivity contribution in [2.24, 2.45) is 0 Å². The lowest BCUT2D eigenvalue weighted by Gasteiger charge is -2.04. The Labute approximate surface area is 125 Å². The smallest absolute Gasteiger partial charge is 0.267 e. The molecule has 4 aromatic rings. The molecule has 5 heteroatoms. The van der Waals surface area contributed by atoms with Gasteiger partial charge in [-0.2, -0.15) is 10.2 Å². The molecule has 0 radical (unpaired) electrons. The average molecular weight is 287 g/mol. The second-order valence-corrected chi connectivity index (χ2v) is 4.69. The minimum Gasteiger partial charge on any atom is -0.449 e. The van der Waals surface area contributed by atoms with Crippen LogP contribution in [0.15, 0.2) is 59.3 Å². The first-order valence-corrected chi connectivity index (χ1v) is 6.65. The molecule has 0 bridgehead atoms. The highest BCUT2D eigenvalue weighted by Crippen LogP contribution is 2.33. The van der Waals surface area contributed by atoms with Gasteiger partial charge in [-0.1, -0.05) is 12.1 Å². The first kappa shape index (κ1) is 12.4. The summed E-state index contributed by atoms with van der Waals surface area (Å²) in [5, 5.41) is 9.73. The molecule has 2 aromatic heterocycles. The average Bonchev–Trinajstić information content (AvgIpc) is 2.95. The number of aromatic nitrogens is 2. The van der Waals surface area contributed by atoms with E-state index >= 15 is 0 Å². The van der Waals surface area contributed by atoms with Crippen molar-refractivity contribution in [3.05, 3.63) is 60.4 Å². The van der Waals surface area contributed by atoms with Gasteiger partial charge in [-0.05, 0) is 36.4 Å². The molecule has 0 atom stereocenters. The van der Waals surface area contributed by atoms with Crippen LogP contribution in [0, 0.1) is 11.3 Å². The van der Waals surface area contributed by atoms with E-state index in [0.717, 1.165) is 11.0 Å². The zero-order valence-corrected chi connectivity index (χ0v) is 11.4. The number of benzene rings is 2. The quantitative estimate of drug-likeness (QED) is 0.556. The molecule has 0 spiro atoms. The molecular weight excluding hydrogens is 278 g/mol. The normalized spacial score (nSPS) is 10.7. The second-order valence-electron chi connectivity index (χ2n) is 4.69. The molecule has 5 nitrogen and oxygen atoms in total. The fourth-order valence-corrected chi connectivity index (χ4v) is 2.28. The first-order chi connectivity index (χ1) is 10.8. The molecule has 0 unspecified atom stereocenters. The Morgan fingerprint density at radius 3 is 2.64 bits per heavy atom. The third kappa shape index (κ3) is 1.95. The Kier molecular flexibility index (Phi) is 2.73. The summed E-state index contributed by atoms with van der Waals surface area (Å²) in [6, 6.07) is 16.5. The van der Waals surface area contributed by atoms with Crippen LogP contribution in [0.2, 0.25) is 0 Å². The van der Waals surface area contributed by atoms with Gasteiger partial charge in [0, 0.05) is 5.39 Å². The molecule has 0 aliphatic carbocycles. The third-order valence-electron chi connectivity index (χ3n) is 3.32. The molecule has 0 amide bonds. The lowest BCUT2D eigenvalue weighted by molar-refractivity contribution is 0.456. The number of ether oxygens (including phenoxy) is 1. The van der Waals surface area contributed by atoms with E-state index in [-0.39, 0.29) is 0 Å². The van der Waals surface area contributed by atoms with Crippen LogP contribution >= 0.6 is 0 Å². The van der Waals surface area contributed by atoms with Crippen molar-refractivity contribution in [2.45, 2.75) is 0 Å². The summed E-state index contributed by atoms with van der Waals surface area (Å²) in [6.07, 6.45) is 1.45. The fourth-order valence-electron chi connectivity index (χ4n) is 2.28. The van der Waals surface area contributed by atoms with Crippen LogP contribution in [-0.2, 0) is 0 Å². The zero-order chi connectivity index (χ0) is 14.9. The summed E-state index contributed by atoms with van der Waals surface area (Å²) >= 11 is 0. The molecule has 0 aliphatic heterocycles. The fraction of sp³-hybridized carbons (Fsp3) is 0. The zero-order valence-electron chi connectivity index (χ0n) is 11.4. The Morgan fingerprint density at radius 2 is 1.82 bits per heavy atom. The van der Waals surface area contributed by atoms with Crippen LogP contribution in [0.3, 0.4) is 0 Å². The minimum absolute atomic E-state index is 0.353. The Balaban J connectivity index is 1.82. The number of hydrogen-bond donors (Lipinski definition) is 0. The standard InChI is InChI=1S/C17H9N3O2/c18-9-11-5-7-12(8-6-11)21-17-16-15(19-10-20-17)13-3-1-2-4-14(13)22-16/h1-8,10H. The van der Waals surface area contributed by atoms with Crippen molar-refractivity contribution in [3.8, 4) is 17.7 Å². The van der Waals surface area contributed by atoms with Gasteiger partial charge in [-0.25, -0.2) is 4.98 Å². The largest absolute Gasteiger partial charge is 0.449 e. The van der Waals surface area contributed by atoms with Crippen molar-refractivity contribution in [2.75, 3.05) is 0 Å². The van der Waals surface area contributed by atoms with Gasteiger partial charge in [0.15, 0.2) is 0 Å². The maximum Gasteiger partial charge on any atom is 0.267 e. The highest BCUT2D eigenvalue weighted by Gasteiger charge is 2.14. The van der Waals surface area contributed by atoms with E-state index < -0.39 is 0 Å². The number of hydrogen-bond acceptors (Lipinski definition) is 5. The lowest BCUT2D eigenvalue weighted by Crippen LogP contribution is -1.89. The number of furan rings is 1. The second kappa shape index (κ2) is 4.86. The molecular formula is C17H9N3O2. The molecule has 0 saturated carbocycles. The number of nitrogens with zero attached hydrogens (tertiary/aromatic N) is 3. The van der Waals surface area contributed by atoms with E-state index in [1.165, 1.54) is 6.33 Å². The van der Waals surface area contributed by atoms with Crippen LogP contribution in [-0.4, -0.2) is 9.97 Å². The molecule has 0 N–H and O–H groups in total. The van der Waals surface area contributed by atoms with Crippen molar-refractivity contribution in [3.63, 3.8) is 0 Å². The van der Waals surface area contributed by atoms with Crippen molar-refractivity contribution in [1.82, 2.24) is 9.97 Å². The van der Waals surface area contributed by atoms with Gasteiger partial charge in [0.05, 0.1) is 11.6 Å². The molecule has 104 valence electrons. The van der Waals surface area contributed by atoms with Crippen molar-refractivity contribution < 1.29 is 9.15 Å². The van der Waals surface area contributed by atoms with Crippen LogP contribution < -0.4 is 4.74 Å². The van der Waals surface area contributed by atoms with E-state index in [1.54, 1.807) is 24.3 Å². The molecule has 2 aromatic carbocycles. The number of para-hydroxylation sites is 1.